The Kier molecular flexibility index (Phi) is 2.73. The zero-order chi connectivity index (χ0) is 11.7. The van der Waals surface area contributed by atoms with Crippen LogP contribution in [0.25, 0.3) is 0 Å². The van der Waals surface area contributed by atoms with E-state index in [4.69, 9.17) is 9.47 Å². The summed E-state index contributed by atoms with van der Waals surface area (Å²) in [6, 6.07) is 7.69. The van der Waals surface area contributed by atoms with Gasteiger partial charge in [0, 0.05) is 12.5 Å². The lowest BCUT2D eigenvalue weighted by atomic mass is 9.98. The predicted molar refractivity (Wildman–Crippen MR) is 63.3 cm³/mol. The molecule has 0 bridgehead atoms. The molecule has 2 heterocycles. The summed E-state index contributed by atoms with van der Waals surface area (Å²) in [6.07, 6.45) is 0.442. The molecule has 17 heavy (non-hydrogen) atoms. The first kappa shape index (κ1) is 10.6. The number of nitrogens with one attached hydrogen (secondary N) is 1. The third-order valence-electron chi connectivity index (χ3n) is 3.28. The lowest BCUT2D eigenvalue weighted by molar-refractivity contribution is -0.129. The van der Waals surface area contributed by atoms with Crippen LogP contribution in [-0.2, 0) is 9.53 Å². The molecule has 2 aliphatic rings. The van der Waals surface area contributed by atoms with Crippen molar-refractivity contribution in [2.45, 2.75) is 12.5 Å². The number of ketones is 1. The summed E-state index contributed by atoms with van der Waals surface area (Å²) in [5.41, 5.74) is 0.958. The molecule has 2 atom stereocenters. The van der Waals surface area contributed by atoms with Crippen LogP contribution >= 0.6 is 0 Å². The van der Waals surface area contributed by atoms with Crippen LogP contribution in [0.2, 0.25) is 0 Å². The van der Waals surface area contributed by atoms with E-state index in [9.17, 15) is 4.79 Å². The number of fused-ring (bicyclic) bond motifs is 1. The van der Waals surface area contributed by atoms with Gasteiger partial charge >= 0.3 is 0 Å². The number of hydrogen-bond donors (Lipinski definition) is 1. The Hall–Kier alpha value is -1.55. The molecule has 0 amide bonds. The molecule has 90 valence electrons. The molecule has 1 aromatic rings. The van der Waals surface area contributed by atoms with Crippen molar-refractivity contribution in [3.63, 3.8) is 0 Å². The van der Waals surface area contributed by atoms with Crippen molar-refractivity contribution in [1.82, 2.24) is 0 Å². The molecular weight excluding hydrogens is 218 g/mol. The van der Waals surface area contributed by atoms with Crippen molar-refractivity contribution in [3.05, 3.63) is 24.3 Å². The average molecular weight is 233 g/mol. The normalized spacial score (nSPS) is 26.8. The quantitative estimate of drug-likeness (QED) is 0.840. The molecule has 0 saturated carbocycles. The summed E-state index contributed by atoms with van der Waals surface area (Å²) >= 11 is 0. The second kappa shape index (κ2) is 4.37. The molecule has 0 radical (unpaired) electrons. The summed E-state index contributed by atoms with van der Waals surface area (Å²) in [7, 11) is 0. The van der Waals surface area contributed by atoms with Crippen molar-refractivity contribution in [3.8, 4) is 5.75 Å². The summed E-state index contributed by atoms with van der Waals surface area (Å²) in [4.78, 5) is 12.2. The molecule has 4 heteroatoms. The smallest absolute Gasteiger partial charge is 0.180 e. The van der Waals surface area contributed by atoms with Crippen LogP contribution in [0.4, 0.5) is 5.69 Å². The Morgan fingerprint density at radius 3 is 3.06 bits per heavy atom. The molecule has 2 unspecified atom stereocenters. The number of carbonyl (C=O) groups is 1. The fourth-order valence-electron chi connectivity index (χ4n) is 2.29. The Labute approximate surface area is 99.9 Å². The van der Waals surface area contributed by atoms with Crippen molar-refractivity contribution in [2.75, 3.05) is 25.1 Å². The van der Waals surface area contributed by atoms with Gasteiger partial charge in [0.25, 0.3) is 0 Å². The number of para-hydroxylation sites is 2. The second-order valence-electron chi connectivity index (χ2n) is 4.45. The van der Waals surface area contributed by atoms with Gasteiger partial charge < -0.3 is 14.8 Å². The highest BCUT2D eigenvalue weighted by Crippen LogP contribution is 2.29. The van der Waals surface area contributed by atoms with E-state index in [0.717, 1.165) is 17.9 Å². The van der Waals surface area contributed by atoms with Crippen molar-refractivity contribution >= 4 is 11.5 Å². The Morgan fingerprint density at radius 1 is 1.35 bits per heavy atom. The van der Waals surface area contributed by atoms with Crippen LogP contribution in [0.1, 0.15) is 6.42 Å². The summed E-state index contributed by atoms with van der Waals surface area (Å²) in [5.74, 6) is 0.924. The maximum Gasteiger partial charge on any atom is 0.180 e. The number of hydrogen-bond acceptors (Lipinski definition) is 4. The SMILES string of the molecule is O=C(C1CCOC1)C1CNc2ccccc2O1. The zero-order valence-electron chi connectivity index (χ0n) is 9.52. The van der Waals surface area contributed by atoms with Gasteiger partial charge in [-0.3, -0.25) is 4.79 Å². The summed E-state index contributed by atoms with van der Waals surface area (Å²) < 4.78 is 11.0. The van der Waals surface area contributed by atoms with E-state index in [-0.39, 0.29) is 17.8 Å². The number of anilines is 1. The van der Waals surface area contributed by atoms with Gasteiger partial charge in [0.2, 0.25) is 0 Å². The lowest BCUT2D eigenvalue weighted by Gasteiger charge is -2.27. The minimum Gasteiger partial charge on any atom is -0.479 e. The van der Waals surface area contributed by atoms with Crippen LogP contribution in [-0.4, -0.2) is 31.6 Å². The van der Waals surface area contributed by atoms with Crippen LogP contribution in [0, 0.1) is 5.92 Å². The summed E-state index contributed by atoms with van der Waals surface area (Å²) in [5, 5.41) is 3.23. The standard InChI is InChI=1S/C13H15NO3/c15-13(9-5-6-16-8-9)12-7-14-10-3-1-2-4-11(10)17-12/h1-4,9,12,14H,5-8H2. The third kappa shape index (κ3) is 2.00. The van der Waals surface area contributed by atoms with E-state index in [1.165, 1.54) is 0 Å². The summed E-state index contributed by atoms with van der Waals surface area (Å²) in [6.45, 7) is 1.78. The fraction of sp³-hybridized carbons (Fsp3) is 0.462. The van der Waals surface area contributed by atoms with Crippen LogP contribution in [0.5, 0.6) is 5.75 Å². The van der Waals surface area contributed by atoms with Crippen molar-refractivity contribution < 1.29 is 14.3 Å². The van der Waals surface area contributed by atoms with E-state index in [2.05, 4.69) is 5.32 Å². The molecule has 0 aliphatic carbocycles. The highest BCUT2D eigenvalue weighted by atomic mass is 16.5. The molecule has 4 nitrogen and oxygen atoms in total. The number of benzene rings is 1. The zero-order valence-corrected chi connectivity index (χ0v) is 9.52. The number of carbonyl (C=O) groups excluding carboxylic acids is 1. The van der Waals surface area contributed by atoms with Crippen LogP contribution in [0.3, 0.4) is 0 Å². The first-order chi connectivity index (χ1) is 8.34. The maximum absolute atomic E-state index is 12.2. The molecule has 2 aliphatic heterocycles. The first-order valence-corrected chi connectivity index (χ1v) is 5.95. The molecule has 1 saturated heterocycles. The largest absolute Gasteiger partial charge is 0.479 e. The van der Waals surface area contributed by atoms with Gasteiger partial charge in [0.05, 0.1) is 18.8 Å². The van der Waals surface area contributed by atoms with Gasteiger partial charge in [0.1, 0.15) is 5.75 Å². The number of Topliss-reactive ketones (excluding diaryl/α,β-unsaturated/α-hetero) is 1. The number of ether oxygens (including phenoxy) is 2. The minimum absolute atomic E-state index is 0.00654. The highest BCUT2D eigenvalue weighted by molar-refractivity contribution is 5.87. The van der Waals surface area contributed by atoms with Gasteiger partial charge in [-0.1, -0.05) is 12.1 Å². The lowest BCUT2D eigenvalue weighted by Crippen LogP contribution is -2.41. The molecule has 0 aromatic heterocycles. The van der Waals surface area contributed by atoms with Gasteiger partial charge in [0.15, 0.2) is 11.9 Å². The molecule has 1 N–H and O–H groups in total. The van der Waals surface area contributed by atoms with Crippen molar-refractivity contribution in [2.24, 2.45) is 5.92 Å². The maximum atomic E-state index is 12.2. The van der Waals surface area contributed by atoms with E-state index in [1.807, 2.05) is 24.3 Å². The number of rotatable bonds is 2. The fourth-order valence-corrected chi connectivity index (χ4v) is 2.29. The molecule has 1 fully saturated rings. The average Bonchev–Trinajstić information content (AvgIpc) is 2.91. The monoisotopic (exact) mass is 233 g/mol. The Balaban J connectivity index is 1.73. The van der Waals surface area contributed by atoms with Gasteiger partial charge in [-0.2, -0.15) is 0 Å². The first-order valence-electron chi connectivity index (χ1n) is 5.95. The Morgan fingerprint density at radius 2 is 2.24 bits per heavy atom. The predicted octanol–water partition coefficient (Wildman–Crippen LogP) is 1.47. The topological polar surface area (TPSA) is 47.6 Å². The van der Waals surface area contributed by atoms with E-state index >= 15 is 0 Å². The van der Waals surface area contributed by atoms with Crippen LogP contribution < -0.4 is 10.1 Å². The molecule has 0 spiro atoms. The highest BCUT2D eigenvalue weighted by Gasteiger charge is 2.33. The minimum atomic E-state index is -0.378. The molecule has 1 aromatic carbocycles. The van der Waals surface area contributed by atoms with Gasteiger partial charge in [-0.05, 0) is 18.6 Å². The Bertz CT molecular complexity index is 426. The van der Waals surface area contributed by atoms with E-state index in [0.29, 0.717) is 19.8 Å². The second-order valence-corrected chi connectivity index (χ2v) is 4.45. The van der Waals surface area contributed by atoms with Crippen LogP contribution in [0.15, 0.2) is 24.3 Å². The third-order valence-corrected chi connectivity index (χ3v) is 3.28. The molecule has 3 rings (SSSR count). The molecular formula is C13H15NO3. The van der Waals surface area contributed by atoms with Gasteiger partial charge in [-0.25, -0.2) is 0 Å². The van der Waals surface area contributed by atoms with Gasteiger partial charge in [-0.15, -0.1) is 0 Å². The van der Waals surface area contributed by atoms with Crippen molar-refractivity contribution in [1.29, 1.82) is 0 Å². The van der Waals surface area contributed by atoms with E-state index in [1.54, 1.807) is 0 Å². The van der Waals surface area contributed by atoms with E-state index < -0.39 is 0 Å².